The first kappa shape index (κ1) is 15.6. The molecule has 3 aromatic rings. The molecule has 1 aliphatic rings. The van der Waals surface area contributed by atoms with E-state index in [1.54, 1.807) is 11.1 Å². The topological polar surface area (TPSA) is 71.1 Å². The molecule has 128 valence electrons. The molecule has 6 nitrogen and oxygen atoms in total. The summed E-state index contributed by atoms with van der Waals surface area (Å²) in [6, 6.07) is 9.74. The maximum absolute atomic E-state index is 12.0. The fourth-order valence-corrected chi connectivity index (χ4v) is 3.16. The van der Waals surface area contributed by atoms with Gasteiger partial charge in [-0.3, -0.25) is 14.8 Å². The highest BCUT2D eigenvalue weighted by Gasteiger charge is 2.23. The van der Waals surface area contributed by atoms with E-state index in [1.807, 2.05) is 44.2 Å². The number of benzene rings is 1. The normalized spacial score (nSPS) is 14.7. The Kier molecular flexibility index (Phi) is 3.87. The Labute approximate surface area is 145 Å². The van der Waals surface area contributed by atoms with Gasteiger partial charge in [-0.1, -0.05) is 0 Å². The Morgan fingerprint density at radius 3 is 2.88 bits per heavy atom. The van der Waals surface area contributed by atoms with Crippen LogP contribution in [0.25, 0.3) is 22.2 Å². The number of H-pyrrole nitrogens is 1. The van der Waals surface area contributed by atoms with Gasteiger partial charge in [0.1, 0.15) is 17.3 Å². The molecule has 3 heterocycles. The molecular formula is C19H20N4O2. The van der Waals surface area contributed by atoms with Crippen molar-refractivity contribution in [2.45, 2.75) is 32.8 Å². The van der Waals surface area contributed by atoms with Gasteiger partial charge in [0.25, 0.3) is 0 Å². The molecule has 4 rings (SSSR count). The second-order valence-corrected chi connectivity index (χ2v) is 6.50. The van der Waals surface area contributed by atoms with Crippen molar-refractivity contribution in [3.8, 4) is 17.0 Å². The van der Waals surface area contributed by atoms with Crippen molar-refractivity contribution >= 4 is 22.6 Å². The number of nitrogens with one attached hydrogen (secondary N) is 1. The van der Waals surface area contributed by atoms with Crippen LogP contribution >= 0.6 is 0 Å². The van der Waals surface area contributed by atoms with E-state index >= 15 is 0 Å². The molecule has 1 saturated heterocycles. The first-order valence-corrected chi connectivity index (χ1v) is 8.53. The van der Waals surface area contributed by atoms with Gasteiger partial charge >= 0.3 is 0 Å². The number of nitrogens with zero attached hydrogens (tertiary/aromatic N) is 3. The van der Waals surface area contributed by atoms with Crippen LogP contribution in [0.1, 0.15) is 26.7 Å². The van der Waals surface area contributed by atoms with Crippen LogP contribution < -0.4 is 9.64 Å². The van der Waals surface area contributed by atoms with Crippen LogP contribution in [0.15, 0.2) is 36.5 Å². The molecule has 0 aliphatic carbocycles. The number of aromatic nitrogens is 3. The molecule has 1 aliphatic heterocycles. The smallest absolute Gasteiger partial charge is 0.228 e. The zero-order valence-electron chi connectivity index (χ0n) is 14.3. The lowest BCUT2D eigenvalue weighted by atomic mass is 10.1. The van der Waals surface area contributed by atoms with Gasteiger partial charge in [0.05, 0.1) is 11.6 Å². The molecule has 1 fully saturated rings. The van der Waals surface area contributed by atoms with Crippen molar-refractivity contribution in [2.24, 2.45) is 0 Å². The maximum Gasteiger partial charge on any atom is 0.228 e. The Morgan fingerprint density at radius 1 is 1.24 bits per heavy atom. The molecule has 0 saturated carbocycles. The van der Waals surface area contributed by atoms with Gasteiger partial charge in [0.2, 0.25) is 5.91 Å². The van der Waals surface area contributed by atoms with Gasteiger partial charge in [-0.2, -0.15) is 5.10 Å². The van der Waals surface area contributed by atoms with E-state index in [2.05, 4.69) is 15.2 Å². The summed E-state index contributed by atoms with van der Waals surface area (Å²) in [7, 11) is 0. The minimum atomic E-state index is 0.113. The molecule has 6 heteroatoms. The average Bonchev–Trinajstić information content (AvgIpc) is 3.20. The van der Waals surface area contributed by atoms with Gasteiger partial charge < -0.3 is 4.74 Å². The Hall–Kier alpha value is -2.89. The number of anilines is 1. The van der Waals surface area contributed by atoms with Gasteiger partial charge in [-0.15, -0.1) is 0 Å². The molecule has 0 bridgehead atoms. The van der Waals surface area contributed by atoms with Crippen LogP contribution in [0.4, 0.5) is 5.82 Å². The largest absolute Gasteiger partial charge is 0.491 e. The Morgan fingerprint density at radius 2 is 2.12 bits per heavy atom. The SMILES string of the molecule is CC(C)Oc1ccc2[nH]nc(-c3ccnc(N4CCCC4=O)c3)c2c1. The molecule has 2 aromatic heterocycles. The number of carbonyl (C=O) groups is 1. The lowest BCUT2D eigenvalue weighted by Gasteiger charge is -2.14. The lowest BCUT2D eigenvalue weighted by molar-refractivity contribution is -0.117. The second kappa shape index (κ2) is 6.20. The third-order valence-corrected chi connectivity index (χ3v) is 4.27. The fraction of sp³-hybridized carbons (Fsp3) is 0.316. The summed E-state index contributed by atoms with van der Waals surface area (Å²) in [6.07, 6.45) is 3.31. The average molecular weight is 336 g/mol. The van der Waals surface area contributed by atoms with Gasteiger partial charge in [0, 0.05) is 30.1 Å². The number of pyridine rings is 1. The quantitative estimate of drug-likeness (QED) is 0.791. The Balaban J connectivity index is 1.75. The number of fused-ring (bicyclic) bond motifs is 1. The van der Waals surface area contributed by atoms with Crippen LogP contribution in [0.2, 0.25) is 0 Å². The van der Waals surface area contributed by atoms with Gasteiger partial charge in [-0.25, -0.2) is 4.98 Å². The summed E-state index contributed by atoms with van der Waals surface area (Å²) in [6.45, 7) is 4.73. The van der Waals surface area contributed by atoms with E-state index in [0.717, 1.165) is 40.9 Å². The second-order valence-electron chi connectivity index (χ2n) is 6.50. The third kappa shape index (κ3) is 2.95. The first-order valence-electron chi connectivity index (χ1n) is 8.53. The van der Waals surface area contributed by atoms with E-state index < -0.39 is 0 Å². The van der Waals surface area contributed by atoms with Crippen molar-refractivity contribution in [1.29, 1.82) is 0 Å². The summed E-state index contributed by atoms with van der Waals surface area (Å²) < 4.78 is 5.79. The summed E-state index contributed by atoms with van der Waals surface area (Å²) in [4.78, 5) is 18.1. The molecule has 0 atom stereocenters. The van der Waals surface area contributed by atoms with Crippen molar-refractivity contribution < 1.29 is 9.53 Å². The third-order valence-electron chi connectivity index (χ3n) is 4.27. The highest BCUT2D eigenvalue weighted by molar-refractivity contribution is 5.97. The van der Waals surface area contributed by atoms with Crippen molar-refractivity contribution in [3.63, 3.8) is 0 Å². The number of amides is 1. The predicted molar refractivity (Wildman–Crippen MR) is 96.7 cm³/mol. The predicted octanol–water partition coefficient (Wildman–Crippen LogP) is 3.54. The fourth-order valence-electron chi connectivity index (χ4n) is 3.16. The van der Waals surface area contributed by atoms with Crippen LogP contribution in [-0.2, 0) is 4.79 Å². The molecule has 1 N–H and O–H groups in total. The minimum absolute atomic E-state index is 0.113. The van der Waals surface area contributed by atoms with Crippen molar-refractivity contribution in [1.82, 2.24) is 15.2 Å². The summed E-state index contributed by atoms with van der Waals surface area (Å²) in [5.74, 6) is 1.63. The first-order chi connectivity index (χ1) is 12.1. The molecule has 0 unspecified atom stereocenters. The highest BCUT2D eigenvalue weighted by atomic mass is 16.5. The van der Waals surface area contributed by atoms with E-state index in [4.69, 9.17) is 4.74 Å². The molecule has 1 aromatic carbocycles. The molecule has 0 spiro atoms. The van der Waals surface area contributed by atoms with E-state index in [-0.39, 0.29) is 12.0 Å². The zero-order valence-corrected chi connectivity index (χ0v) is 14.3. The van der Waals surface area contributed by atoms with Crippen LogP contribution in [0.5, 0.6) is 5.75 Å². The van der Waals surface area contributed by atoms with Crippen LogP contribution in [0.3, 0.4) is 0 Å². The molecular weight excluding hydrogens is 316 g/mol. The van der Waals surface area contributed by atoms with Crippen LogP contribution in [-0.4, -0.2) is 33.7 Å². The standard InChI is InChI=1S/C19H20N4O2/c1-12(2)25-14-5-6-16-15(11-14)19(22-21-16)13-7-8-20-17(10-13)23-9-3-4-18(23)24/h5-8,10-12H,3-4,9H2,1-2H3,(H,21,22). The lowest BCUT2D eigenvalue weighted by Crippen LogP contribution is -2.24. The number of hydrogen-bond donors (Lipinski definition) is 1. The molecule has 0 radical (unpaired) electrons. The van der Waals surface area contributed by atoms with E-state index in [9.17, 15) is 4.79 Å². The van der Waals surface area contributed by atoms with Crippen molar-refractivity contribution in [2.75, 3.05) is 11.4 Å². The zero-order chi connectivity index (χ0) is 17.4. The van der Waals surface area contributed by atoms with Crippen LogP contribution in [0, 0.1) is 0 Å². The monoisotopic (exact) mass is 336 g/mol. The van der Waals surface area contributed by atoms with Gasteiger partial charge in [0.15, 0.2) is 0 Å². The number of rotatable bonds is 4. The van der Waals surface area contributed by atoms with E-state index in [0.29, 0.717) is 12.2 Å². The molecule has 1 amide bonds. The summed E-state index contributed by atoms with van der Waals surface area (Å²) in [5, 5.41) is 8.51. The summed E-state index contributed by atoms with van der Waals surface area (Å²) in [5.41, 5.74) is 2.71. The number of hydrogen-bond acceptors (Lipinski definition) is 4. The maximum atomic E-state index is 12.0. The summed E-state index contributed by atoms with van der Waals surface area (Å²) >= 11 is 0. The van der Waals surface area contributed by atoms with Gasteiger partial charge in [-0.05, 0) is 50.6 Å². The minimum Gasteiger partial charge on any atom is -0.491 e. The highest BCUT2D eigenvalue weighted by Crippen LogP contribution is 2.31. The number of ether oxygens (including phenoxy) is 1. The number of carbonyl (C=O) groups excluding carboxylic acids is 1. The molecule has 25 heavy (non-hydrogen) atoms. The van der Waals surface area contributed by atoms with E-state index in [1.165, 1.54) is 0 Å². The van der Waals surface area contributed by atoms with Crippen molar-refractivity contribution in [3.05, 3.63) is 36.5 Å². The Bertz CT molecular complexity index is 932. The number of aromatic amines is 1.